The second-order valence-corrected chi connectivity index (χ2v) is 6.15. The van der Waals surface area contributed by atoms with E-state index < -0.39 is 5.41 Å². The number of ether oxygens (including phenoxy) is 1. The van der Waals surface area contributed by atoms with Gasteiger partial charge in [-0.1, -0.05) is 31.8 Å². The molecule has 0 bridgehead atoms. The summed E-state index contributed by atoms with van der Waals surface area (Å²) in [5.74, 6) is -0.167. The molecular formula is C15H29N3O3. The number of nitrogens with two attached hydrogens (primary N) is 1. The summed E-state index contributed by atoms with van der Waals surface area (Å²) < 4.78 is 5.68. The van der Waals surface area contributed by atoms with Crippen molar-refractivity contribution in [1.29, 1.82) is 0 Å². The van der Waals surface area contributed by atoms with Gasteiger partial charge < -0.3 is 21.0 Å². The molecule has 21 heavy (non-hydrogen) atoms. The molecule has 1 heterocycles. The summed E-state index contributed by atoms with van der Waals surface area (Å²) in [5.41, 5.74) is 4.63. The van der Waals surface area contributed by atoms with Crippen molar-refractivity contribution >= 4 is 11.7 Å². The minimum atomic E-state index is -0.923. The minimum absolute atomic E-state index is 0.00110. The Kier molecular flexibility index (Phi) is 6.45. The van der Waals surface area contributed by atoms with E-state index in [1.807, 2.05) is 20.8 Å². The fourth-order valence-corrected chi connectivity index (χ4v) is 3.09. The summed E-state index contributed by atoms with van der Waals surface area (Å²) in [6, 6.07) is 0. The Morgan fingerprint density at radius 3 is 2.48 bits per heavy atom. The molecule has 0 radical (unpaired) electrons. The molecule has 6 heteroatoms. The van der Waals surface area contributed by atoms with Gasteiger partial charge in [-0.15, -0.1) is 0 Å². The van der Waals surface area contributed by atoms with Crippen molar-refractivity contribution in [2.45, 2.75) is 64.9 Å². The van der Waals surface area contributed by atoms with E-state index in [2.05, 4.69) is 10.5 Å². The topological polar surface area (TPSA) is 96.9 Å². The Labute approximate surface area is 127 Å². The van der Waals surface area contributed by atoms with Crippen molar-refractivity contribution < 1.29 is 14.7 Å². The summed E-state index contributed by atoms with van der Waals surface area (Å²) in [7, 11) is 0. The van der Waals surface area contributed by atoms with Gasteiger partial charge in [0.25, 0.3) is 0 Å². The number of carbonyl (C=O) groups excluding carboxylic acids is 1. The van der Waals surface area contributed by atoms with Crippen molar-refractivity contribution in [1.82, 2.24) is 5.32 Å². The number of rotatable bonds is 8. The van der Waals surface area contributed by atoms with Crippen molar-refractivity contribution in [3.63, 3.8) is 0 Å². The molecule has 1 fully saturated rings. The highest BCUT2D eigenvalue weighted by atomic mass is 16.5. The van der Waals surface area contributed by atoms with Crippen LogP contribution in [0.15, 0.2) is 5.16 Å². The van der Waals surface area contributed by atoms with Gasteiger partial charge in [0, 0.05) is 13.2 Å². The van der Waals surface area contributed by atoms with Crippen LogP contribution in [0.1, 0.15) is 59.3 Å². The molecule has 1 atom stereocenters. The fraction of sp³-hybridized carbons (Fsp3) is 0.867. The van der Waals surface area contributed by atoms with Gasteiger partial charge in [-0.2, -0.15) is 0 Å². The van der Waals surface area contributed by atoms with E-state index in [4.69, 9.17) is 15.7 Å². The van der Waals surface area contributed by atoms with Crippen molar-refractivity contribution in [3.05, 3.63) is 0 Å². The molecule has 1 aliphatic heterocycles. The molecule has 1 amide bonds. The Morgan fingerprint density at radius 1 is 1.43 bits per heavy atom. The van der Waals surface area contributed by atoms with Gasteiger partial charge in [0.1, 0.15) is 5.41 Å². The number of nitrogens with zero attached hydrogens (tertiary/aromatic N) is 1. The third-order valence-corrected chi connectivity index (χ3v) is 4.31. The normalized spacial score (nSPS) is 23.3. The highest BCUT2D eigenvalue weighted by Gasteiger charge is 2.42. The molecule has 4 N–H and O–H groups in total. The number of carbonyl (C=O) groups is 1. The van der Waals surface area contributed by atoms with Crippen LogP contribution in [0.3, 0.4) is 0 Å². The molecule has 0 aromatic carbocycles. The van der Waals surface area contributed by atoms with E-state index in [1.54, 1.807) is 0 Å². The van der Waals surface area contributed by atoms with Crippen molar-refractivity contribution in [2.24, 2.45) is 16.3 Å². The number of oxime groups is 1. The molecule has 6 nitrogen and oxygen atoms in total. The smallest absolute Gasteiger partial charge is 0.234 e. The number of hydrogen-bond donors (Lipinski definition) is 3. The zero-order valence-corrected chi connectivity index (χ0v) is 13.4. The van der Waals surface area contributed by atoms with Gasteiger partial charge in [0.05, 0.1) is 5.60 Å². The first-order valence-corrected chi connectivity index (χ1v) is 7.84. The van der Waals surface area contributed by atoms with Crippen LogP contribution in [-0.4, -0.2) is 35.7 Å². The van der Waals surface area contributed by atoms with Gasteiger partial charge in [-0.25, -0.2) is 0 Å². The molecule has 1 saturated heterocycles. The Bertz CT molecular complexity index is 370. The van der Waals surface area contributed by atoms with Crippen LogP contribution < -0.4 is 11.1 Å². The van der Waals surface area contributed by atoms with Crippen LogP contribution in [0.5, 0.6) is 0 Å². The third-order valence-electron chi connectivity index (χ3n) is 4.31. The summed E-state index contributed by atoms with van der Waals surface area (Å²) in [6.45, 7) is 7.18. The molecule has 1 unspecified atom stereocenters. The number of nitrogens with one attached hydrogen (secondary N) is 1. The summed E-state index contributed by atoms with van der Waals surface area (Å²) in [4.78, 5) is 12.7. The van der Waals surface area contributed by atoms with Crippen LogP contribution in [0.25, 0.3) is 0 Å². The molecule has 1 aliphatic rings. The predicted octanol–water partition coefficient (Wildman–Crippen LogP) is 2.00. The lowest BCUT2D eigenvalue weighted by Gasteiger charge is -2.32. The van der Waals surface area contributed by atoms with E-state index in [1.165, 1.54) is 0 Å². The molecule has 0 aromatic rings. The lowest BCUT2D eigenvalue weighted by atomic mass is 9.77. The van der Waals surface area contributed by atoms with Gasteiger partial charge in [-0.3, -0.25) is 4.79 Å². The third kappa shape index (κ3) is 4.09. The van der Waals surface area contributed by atoms with Gasteiger partial charge in [0.15, 0.2) is 5.84 Å². The van der Waals surface area contributed by atoms with Crippen LogP contribution >= 0.6 is 0 Å². The lowest BCUT2D eigenvalue weighted by molar-refractivity contribution is -0.129. The molecule has 0 aliphatic carbocycles. The van der Waals surface area contributed by atoms with E-state index in [0.717, 1.165) is 32.3 Å². The lowest BCUT2D eigenvalue weighted by Crippen LogP contribution is -2.52. The highest BCUT2D eigenvalue weighted by Crippen LogP contribution is 2.31. The first kappa shape index (κ1) is 17.8. The molecule has 0 aromatic heterocycles. The predicted molar refractivity (Wildman–Crippen MR) is 82.3 cm³/mol. The van der Waals surface area contributed by atoms with E-state index in [9.17, 15) is 4.79 Å². The van der Waals surface area contributed by atoms with E-state index >= 15 is 0 Å². The molecule has 1 rings (SSSR count). The average molecular weight is 299 g/mol. The van der Waals surface area contributed by atoms with E-state index in [0.29, 0.717) is 19.4 Å². The van der Waals surface area contributed by atoms with Gasteiger partial charge >= 0.3 is 0 Å². The van der Waals surface area contributed by atoms with Crippen LogP contribution in [0.2, 0.25) is 0 Å². The standard InChI is InChI=1S/C15H29N3O3/c1-4-7-15(8-5-2,12(16)18-20)13(19)17-11-14(3)9-6-10-21-14/h20H,4-11H2,1-3H3,(H2,16,18)(H,17,19). The molecular weight excluding hydrogens is 270 g/mol. The largest absolute Gasteiger partial charge is 0.409 e. The van der Waals surface area contributed by atoms with E-state index in [-0.39, 0.29) is 17.3 Å². The summed E-state index contributed by atoms with van der Waals surface area (Å²) >= 11 is 0. The zero-order valence-electron chi connectivity index (χ0n) is 13.4. The maximum atomic E-state index is 12.7. The van der Waals surface area contributed by atoms with Crippen LogP contribution in [0.4, 0.5) is 0 Å². The second-order valence-electron chi connectivity index (χ2n) is 6.15. The van der Waals surface area contributed by atoms with Gasteiger partial charge in [0.2, 0.25) is 5.91 Å². The summed E-state index contributed by atoms with van der Waals surface area (Å²) in [5, 5.41) is 15.1. The number of amides is 1. The van der Waals surface area contributed by atoms with Crippen molar-refractivity contribution in [2.75, 3.05) is 13.2 Å². The summed E-state index contributed by atoms with van der Waals surface area (Å²) in [6.07, 6.45) is 4.67. The Balaban J connectivity index is 2.83. The Hall–Kier alpha value is -1.30. The average Bonchev–Trinajstić information content (AvgIpc) is 2.90. The monoisotopic (exact) mass is 299 g/mol. The SMILES string of the molecule is CCCC(CCC)(C(=O)NCC1(C)CCCO1)C(N)=NO. The van der Waals surface area contributed by atoms with Crippen LogP contribution in [0, 0.1) is 5.41 Å². The van der Waals surface area contributed by atoms with Gasteiger partial charge in [-0.05, 0) is 32.6 Å². The maximum absolute atomic E-state index is 12.7. The Morgan fingerprint density at radius 2 is 2.05 bits per heavy atom. The second kappa shape index (κ2) is 7.64. The highest BCUT2D eigenvalue weighted by molar-refractivity contribution is 6.06. The number of amidine groups is 1. The number of hydrogen-bond acceptors (Lipinski definition) is 4. The minimum Gasteiger partial charge on any atom is -0.409 e. The molecule has 0 saturated carbocycles. The fourth-order valence-electron chi connectivity index (χ4n) is 3.09. The maximum Gasteiger partial charge on any atom is 0.234 e. The first-order chi connectivity index (χ1) is 9.94. The first-order valence-electron chi connectivity index (χ1n) is 7.84. The van der Waals surface area contributed by atoms with Crippen LogP contribution in [-0.2, 0) is 9.53 Å². The zero-order chi connectivity index (χ0) is 15.9. The molecule has 0 spiro atoms. The quantitative estimate of drug-likeness (QED) is 0.276. The van der Waals surface area contributed by atoms with Crippen molar-refractivity contribution in [3.8, 4) is 0 Å². The molecule has 122 valence electrons.